The van der Waals surface area contributed by atoms with Gasteiger partial charge in [0.1, 0.15) is 12.7 Å². The molecule has 0 radical (unpaired) electrons. The van der Waals surface area contributed by atoms with E-state index in [9.17, 15) is 24.6 Å². The maximum Gasteiger partial charge on any atom is 0.343 e. The van der Waals surface area contributed by atoms with Crippen LogP contribution in [0, 0.1) is 0 Å². The van der Waals surface area contributed by atoms with Crippen LogP contribution in [0.4, 0.5) is 0 Å². The second-order valence-electron chi connectivity index (χ2n) is 10.5. The van der Waals surface area contributed by atoms with E-state index in [1.807, 2.05) is 0 Å². The molecule has 0 spiro atoms. The number of fused-ring (bicyclic) bond motifs is 7. The second-order valence-corrected chi connectivity index (χ2v) is 10.5. The summed E-state index contributed by atoms with van der Waals surface area (Å²) in [6.45, 7) is 3.48. The third-order valence-electron chi connectivity index (χ3n) is 8.49. The van der Waals surface area contributed by atoms with Crippen molar-refractivity contribution in [2.24, 2.45) is 0 Å². The number of rotatable bonds is 4. The molecule has 0 saturated heterocycles. The molecule has 4 aliphatic rings. The average Bonchev–Trinajstić information content (AvgIpc) is 3.56. The van der Waals surface area contributed by atoms with E-state index in [1.165, 1.54) is 0 Å². The Labute approximate surface area is 222 Å². The Balaban J connectivity index is 1.49. The molecule has 5 heterocycles. The fourth-order valence-electron chi connectivity index (χ4n) is 6.39. The van der Waals surface area contributed by atoms with Crippen LogP contribution in [0.5, 0.6) is 11.5 Å². The molecule has 3 atom stereocenters. The molecule has 1 aromatic carbocycles. The van der Waals surface area contributed by atoms with Crippen molar-refractivity contribution in [2.45, 2.75) is 70.4 Å². The van der Waals surface area contributed by atoms with Crippen LogP contribution in [-0.4, -0.2) is 44.5 Å². The van der Waals surface area contributed by atoms with E-state index >= 15 is 0 Å². The lowest BCUT2D eigenvalue weighted by Crippen LogP contribution is -2.44. The zero-order valence-electron chi connectivity index (χ0n) is 21.5. The minimum absolute atomic E-state index is 0.0473. The zero-order chi connectivity index (χ0) is 27.2. The standard InChI is InChI=1S/C28H27N3O8/c1-3-19(32)25(33)30-16-6-5-12-21-17(8-20-24(12)39-11-38-20)29-23-13(22(16)21)9-31-18(23)7-15-14(26(31)34)10-37-27(35)28(15,36)4-2/h7-8,16,19,32,36H,3-6,9-11H2,1-2H3,(H,30,33)/t16-,19+,28-/m0/s1. The number of aromatic nitrogens is 2. The third-order valence-corrected chi connectivity index (χ3v) is 8.49. The highest BCUT2D eigenvalue weighted by Gasteiger charge is 2.46. The number of hydrogen-bond acceptors (Lipinski definition) is 9. The van der Waals surface area contributed by atoms with Gasteiger partial charge >= 0.3 is 5.97 Å². The Morgan fingerprint density at radius 2 is 2.03 bits per heavy atom. The van der Waals surface area contributed by atoms with Crippen LogP contribution in [0.2, 0.25) is 0 Å². The van der Waals surface area contributed by atoms with Gasteiger partial charge in [0.2, 0.25) is 12.7 Å². The van der Waals surface area contributed by atoms with Gasteiger partial charge in [0.15, 0.2) is 17.1 Å². The molecule has 2 aromatic heterocycles. The first-order chi connectivity index (χ1) is 18.8. The number of aliphatic hydroxyl groups is 2. The van der Waals surface area contributed by atoms with Crippen LogP contribution < -0.4 is 20.3 Å². The van der Waals surface area contributed by atoms with Gasteiger partial charge < -0.3 is 34.3 Å². The van der Waals surface area contributed by atoms with E-state index in [-0.39, 0.29) is 49.5 Å². The number of ether oxygens (including phenoxy) is 3. The molecule has 11 nitrogen and oxygen atoms in total. The van der Waals surface area contributed by atoms with E-state index in [0.29, 0.717) is 41.2 Å². The maximum atomic E-state index is 13.7. The van der Waals surface area contributed by atoms with Crippen molar-refractivity contribution in [3.05, 3.63) is 50.3 Å². The predicted molar refractivity (Wildman–Crippen MR) is 136 cm³/mol. The van der Waals surface area contributed by atoms with E-state index in [2.05, 4.69) is 5.32 Å². The van der Waals surface area contributed by atoms with Crippen LogP contribution >= 0.6 is 0 Å². The van der Waals surface area contributed by atoms with E-state index in [1.54, 1.807) is 30.5 Å². The summed E-state index contributed by atoms with van der Waals surface area (Å²) in [5.41, 5.74) is 2.37. The van der Waals surface area contributed by atoms with Gasteiger partial charge in [-0.05, 0) is 37.3 Å². The van der Waals surface area contributed by atoms with Gasteiger partial charge in [-0.15, -0.1) is 0 Å². The summed E-state index contributed by atoms with van der Waals surface area (Å²) in [5.74, 6) is 0.00729. The first kappa shape index (κ1) is 24.1. The van der Waals surface area contributed by atoms with Crippen molar-refractivity contribution in [1.29, 1.82) is 0 Å². The number of hydrogen-bond donors (Lipinski definition) is 3. The molecule has 7 rings (SSSR count). The quantitative estimate of drug-likeness (QED) is 0.333. The summed E-state index contributed by atoms with van der Waals surface area (Å²) in [7, 11) is 0. The molecule has 3 aliphatic heterocycles. The molecule has 1 amide bonds. The predicted octanol–water partition coefficient (Wildman–Crippen LogP) is 1.68. The van der Waals surface area contributed by atoms with Gasteiger partial charge in [0, 0.05) is 28.1 Å². The minimum Gasteiger partial charge on any atom is -0.458 e. The van der Waals surface area contributed by atoms with Crippen molar-refractivity contribution in [3.8, 4) is 22.9 Å². The highest BCUT2D eigenvalue weighted by Crippen LogP contribution is 2.50. The van der Waals surface area contributed by atoms with E-state index in [0.717, 1.165) is 22.1 Å². The summed E-state index contributed by atoms with van der Waals surface area (Å²) < 4.78 is 18.2. The monoisotopic (exact) mass is 533 g/mol. The normalized spacial score (nSPS) is 22.7. The Morgan fingerprint density at radius 1 is 1.21 bits per heavy atom. The Hall–Kier alpha value is -3.96. The number of amides is 1. The van der Waals surface area contributed by atoms with Crippen molar-refractivity contribution in [3.63, 3.8) is 0 Å². The molecular weight excluding hydrogens is 506 g/mol. The van der Waals surface area contributed by atoms with E-state index < -0.39 is 29.6 Å². The van der Waals surface area contributed by atoms with Crippen molar-refractivity contribution >= 4 is 22.8 Å². The Kier molecular flexibility index (Phi) is 5.11. The van der Waals surface area contributed by atoms with Gasteiger partial charge in [-0.3, -0.25) is 9.59 Å². The fourth-order valence-corrected chi connectivity index (χ4v) is 6.39. The number of aliphatic hydroxyl groups excluding tert-OH is 1. The number of pyridine rings is 2. The summed E-state index contributed by atoms with van der Waals surface area (Å²) in [4.78, 5) is 44.0. The second kappa shape index (κ2) is 8.27. The highest BCUT2D eigenvalue weighted by atomic mass is 16.7. The number of nitrogens with one attached hydrogen (secondary N) is 1. The molecule has 3 aromatic rings. The summed E-state index contributed by atoms with van der Waals surface area (Å²) in [6, 6.07) is 3.04. The number of aryl methyl sites for hydroxylation is 1. The van der Waals surface area contributed by atoms with Gasteiger partial charge in [-0.1, -0.05) is 13.8 Å². The Bertz CT molecular complexity index is 1680. The number of cyclic esters (lactones) is 1. The fraction of sp³-hybridized carbons (Fsp3) is 0.429. The molecule has 0 fully saturated rings. The van der Waals surface area contributed by atoms with Crippen LogP contribution in [-0.2, 0) is 39.5 Å². The number of nitrogens with zero attached hydrogens (tertiary/aromatic N) is 2. The number of carbonyl (C=O) groups excluding carboxylic acids is 2. The minimum atomic E-state index is -1.93. The SMILES string of the molecule is CC[C@@H](O)C(=O)N[C@H]1CCc2c3c(cc4nc5c(c1c24)Cn1c-5cc2c(c1=O)COC(=O)[C@]2(O)CC)OCO3. The first-order valence-corrected chi connectivity index (χ1v) is 13.2. The van der Waals surface area contributed by atoms with Crippen LogP contribution in [0.1, 0.15) is 67.0 Å². The largest absolute Gasteiger partial charge is 0.458 e. The first-order valence-electron chi connectivity index (χ1n) is 13.2. The summed E-state index contributed by atoms with van der Waals surface area (Å²) in [6.07, 6.45) is 0.356. The lowest BCUT2D eigenvalue weighted by Gasteiger charge is -2.31. The number of benzene rings is 1. The van der Waals surface area contributed by atoms with Gasteiger partial charge in [-0.25, -0.2) is 9.78 Å². The van der Waals surface area contributed by atoms with Crippen molar-refractivity contribution in [2.75, 3.05) is 6.79 Å². The number of esters is 1. The third kappa shape index (κ3) is 3.17. The molecule has 3 N–H and O–H groups in total. The Morgan fingerprint density at radius 3 is 2.79 bits per heavy atom. The lowest BCUT2D eigenvalue weighted by atomic mass is 9.82. The average molecular weight is 534 g/mol. The molecule has 0 saturated carbocycles. The zero-order valence-corrected chi connectivity index (χ0v) is 21.5. The summed E-state index contributed by atoms with van der Waals surface area (Å²) >= 11 is 0. The maximum absolute atomic E-state index is 13.7. The molecule has 11 heteroatoms. The summed E-state index contributed by atoms with van der Waals surface area (Å²) in [5, 5.41) is 25.2. The van der Waals surface area contributed by atoms with Crippen molar-refractivity contribution in [1.82, 2.24) is 14.9 Å². The van der Waals surface area contributed by atoms with E-state index in [4.69, 9.17) is 19.2 Å². The van der Waals surface area contributed by atoms with Gasteiger partial charge in [-0.2, -0.15) is 0 Å². The number of carbonyl (C=O) groups is 2. The van der Waals surface area contributed by atoms with Gasteiger partial charge in [0.25, 0.3) is 5.56 Å². The van der Waals surface area contributed by atoms with Crippen LogP contribution in [0.25, 0.3) is 22.3 Å². The van der Waals surface area contributed by atoms with Crippen LogP contribution in [0.3, 0.4) is 0 Å². The lowest BCUT2D eigenvalue weighted by molar-refractivity contribution is -0.172. The molecule has 0 bridgehead atoms. The van der Waals surface area contributed by atoms with Gasteiger partial charge in [0.05, 0.1) is 35.1 Å². The smallest absolute Gasteiger partial charge is 0.343 e. The molecule has 0 unspecified atom stereocenters. The van der Waals surface area contributed by atoms with Crippen molar-refractivity contribution < 1.29 is 34.0 Å². The van der Waals surface area contributed by atoms with Crippen LogP contribution in [0.15, 0.2) is 16.9 Å². The molecule has 1 aliphatic carbocycles. The molecule has 39 heavy (non-hydrogen) atoms. The molecule has 202 valence electrons. The highest BCUT2D eigenvalue weighted by molar-refractivity contribution is 5.96. The molecular formula is C28H27N3O8. The topological polar surface area (TPSA) is 149 Å².